The Kier molecular flexibility index (Phi) is 7.71. The molecule has 0 unspecified atom stereocenters. The number of hydrogen-bond donors (Lipinski definition) is 2. The molecule has 0 aromatic heterocycles. The minimum absolute atomic E-state index is 0.283. The molecule has 0 saturated carbocycles. The third-order valence-electron chi connectivity index (χ3n) is 4.72. The van der Waals surface area contributed by atoms with Gasteiger partial charge in [0.05, 0.1) is 4.92 Å². The SMILES string of the molecule is C[C@H](NC(=O)c1cc([N+](=O)[O-])c(Cl)c(S(N)(=O)=O)c1)C(=O)N1CCC[C@H]1C(=O)OC(C)(C)C. The van der Waals surface area contributed by atoms with Crippen molar-refractivity contribution >= 4 is 45.1 Å². The summed E-state index contributed by atoms with van der Waals surface area (Å²) < 4.78 is 28.8. The van der Waals surface area contributed by atoms with Gasteiger partial charge in [-0.1, -0.05) is 11.6 Å². The summed E-state index contributed by atoms with van der Waals surface area (Å²) in [5.41, 5.74) is -2.00. The molecule has 3 N–H and O–H groups in total. The largest absolute Gasteiger partial charge is 0.458 e. The molecule has 12 nitrogen and oxygen atoms in total. The van der Waals surface area contributed by atoms with Crippen molar-refractivity contribution in [3.8, 4) is 0 Å². The Hall–Kier alpha value is -2.77. The van der Waals surface area contributed by atoms with Crippen molar-refractivity contribution in [3.63, 3.8) is 0 Å². The molecule has 1 heterocycles. The maximum Gasteiger partial charge on any atom is 0.329 e. The second-order valence-electron chi connectivity index (χ2n) is 8.53. The van der Waals surface area contributed by atoms with Gasteiger partial charge in [0.15, 0.2) is 0 Å². The molecular weight excluding hydrogens is 480 g/mol. The molecule has 1 aliphatic rings. The molecule has 1 fully saturated rings. The highest BCUT2D eigenvalue weighted by atomic mass is 35.5. The first kappa shape index (κ1) is 26.5. The Balaban J connectivity index is 2.25. The number of carbonyl (C=O) groups excluding carboxylic acids is 3. The molecule has 0 spiro atoms. The van der Waals surface area contributed by atoms with Crippen LogP contribution in [0.4, 0.5) is 5.69 Å². The van der Waals surface area contributed by atoms with Gasteiger partial charge in [-0.2, -0.15) is 0 Å². The summed E-state index contributed by atoms with van der Waals surface area (Å²) in [4.78, 5) is 48.8. The molecule has 33 heavy (non-hydrogen) atoms. The van der Waals surface area contributed by atoms with Gasteiger partial charge in [0.25, 0.3) is 11.6 Å². The number of nitrogens with two attached hydrogens (primary N) is 1. The molecule has 1 aromatic rings. The third kappa shape index (κ3) is 6.39. The fraction of sp³-hybridized carbons (Fsp3) is 0.526. The minimum atomic E-state index is -4.48. The lowest BCUT2D eigenvalue weighted by molar-refractivity contribution is -0.384. The molecule has 0 aliphatic carbocycles. The van der Waals surface area contributed by atoms with Crippen molar-refractivity contribution in [1.29, 1.82) is 0 Å². The number of nitro benzene ring substituents is 1. The maximum absolute atomic E-state index is 12.9. The molecule has 0 bridgehead atoms. The van der Waals surface area contributed by atoms with Crippen LogP contribution in [-0.2, 0) is 24.3 Å². The summed E-state index contributed by atoms with van der Waals surface area (Å²) in [5, 5.41) is 17.9. The summed E-state index contributed by atoms with van der Waals surface area (Å²) in [6, 6.07) is -0.366. The zero-order valence-corrected chi connectivity index (χ0v) is 20.0. The van der Waals surface area contributed by atoms with Crippen LogP contribution in [0.1, 0.15) is 50.9 Å². The van der Waals surface area contributed by atoms with Gasteiger partial charge in [-0.05, 0) is 46.6 Å². The van der Waals surface area contributed by atoms with Crippen LogP contribution in [0.3, 0.4) is 0 Å². The van der Waals surface area contributed by atoms with E-state index in [-0.39, 0.29) is 6.54 Å². The lowest BCUT2D eigenvalue weighted by atomic mass is 10.1. The number of amides is 2. The summed E-state index contributed by atoms with van der Waals surface area (Å²) in [5.74, 6) is -2.08. The van der Waals surface area contributed by atoms with E-state index in [1.807, 2.05) is 0 Å². The van der Waals surface area contributed by atoms with Crippen LogP contribution >= 0.6 is 11.6 Å². The number of esters is 1. The van der Waals surface area contributed by atoms with E-state index in [1.165, 1.54) is 11.8 Å². The van der Waals surface area contributed by atoms with E-state index in [0.29, 0.717) is 12.8 Å². The molecular formula is C19H25ClN4O8S. The number of hydrogen-bond acceptors (Lipinski definition) is 8. The number of benzene rings is 1. The lowest BCUT2D eigenvalue weighted by Gasteiger charge is -2.29. The summed E-state index contributed by atoms with van der Waals surface area (Å²) >= 11 is 5.76. The smallest absolute Gasteiger partial charge is 0.329 e. The number of nitro groups is 1. The number of rotatable bonds is 6. The first-order valence-electron chi connectivity index (χ1n) is 9.88. The van der Waals surface area contributed by atoms with Crippen molar-refractivity contribution in [1.82, 2.24) is 10.2 Å². The highest BCUT2D eigenvalue weighted by Crippen LogP contribution is 2.32. The number of carbonyl (C=O) groups is 3. The van der Waals surface area contributed by atoms with Crippen molar-refractivity contribution in [2.75, 3.05) is 6.54 Å². The summed E-state index contributed by atoms with van der Waals surface area (Å²) in [6.07, 6.45) is 0.972. The predicted octanol–water partition coefficient (Wildman–Crippen LogP) is 1.35. The Morgan fingerprint density at radius 2 is 1.94 bits per heavy atom. The zero-order valence-electron chi connectivity index (χ0n) is 18.5. The third-order valence-corrected chi connectivity index (χ3v) is 6.16. The Morgan fingerprint density at radius 1 is 1.33 bits per heavy atom. The average Bonchev–Trinajstić information content (AvgIpc) is 3.14. The first-order chi connectivity index (χ1) is 15.0. The van der Waals surface area contributed by atoms with Gasteiger partial charge >= 0.3 is 5.97 Å². The average molecular weight is 505 g/mol. The quantitative estimate of drug-likeness (QED) is 0.331. The minimum Gasteiger partial charge on any atom is -0.458 e. The molecule has 2 rings (SSSR count). The van der Waals surface area contributed by atoms with E-state index in [2.05, 4.69) is 5.32 Å². The number of halogens is 1. The number of sulfonamides is 1. The molecule has 1 saturated heterocycles. The Labute approximate surface area is 195 Å². The van der Waals surface area contributed by atoms with E-state index in [4.69, 9.17) is 21.5 Å². The van der Waals surface area contributed by atoms with Gasteiger partial charge in [0.2, 0.25) is 15.9 Å². The molecule has 14 heteroatoms. The molecule has 0 radical (unpaired) electrons. The standard InChI is InChI=1S/C19H25ClN4O8S/c1-10(17(26)23-7-5-6-12(23)18(27)32-19(2,3)4)22-16(25)11-8-13(24(28)29)15(20)14(9-11)33(21,30)31/h8-10,12H,5-7H2,1-4H3,(H,22,25)(H2,21,30,31)/t10-,12-/m0/s1. The molecule has 2 atom stereocenters. The molecule has 1 aromatic carbocycles. The van der Waals surface area contributed by atoms with Crippen LogP contribution < -0.4 is 10.5 Å². The monoisotopic (exact) mass is 504 g/mol. The molecule has 182 valence electrons. The van der Waals surface area contributed by atoms with Crippen LogP contribution in [-0.4, -0.2) is 60.3 Å². The van der Waals surface area contributed by atoms with E-state index < -0.39 is 71.6 Å². The molecule has 1 aliphatic heterocycles. The van der Waals surface area contributed by atoms with Crippen LogP contribution in [0, 0.1) is 10.1 Å². The van der Waals surface area contributed by atoms with E-state index >= 15 is 0 Å². The Bertz CT molecular complexity index is 1100. The van der Waals surface area contributed by atoms with Gasteiger partial charge in [-0.25, -0.2) is 18.4 Å². The van der Waals surface area contributed by atoms with Crippen molar-refractivity contribution in [3.05, 3.63) is 32.8 Å². The van der Waals surface area contributed by atoms with Gasteiger partial charge in [0, 0.05) is 18.2 Å². The highest BCUT2D eigenvalue weighted by molar-refractivity contribution is 7.89. The van der Waals surface area contributed by atoms with Crippen molar-refractivity contribution < 1.29 is 32.5 Å². The van der Waals surface area contributed by atoms with Crippen LogP contribution in [0.2, 0.25) is 5.02 Å². The summed E-state index contributed by atoms with van der Waals surface area (Å²) in [7, 11) is -4.48. The number of likely N-dealkylation sites (tertiary alicyclic amines) is 1. The highest BCUT2D eigenvalue weighted by Gasteiger charge is 2.39. The lowest BCUT2D eigenvalue weighted by Crippen LogP contribution is -2.51. The van der Waals surface area contributed by atoms with Crippen molar-refractivity contribution in [2.45, 2.75) is 63.1 Å². The topological polar surface area (TPSA) is 179 Å². The fourth-order valence-corrected chi connectivity index (χ4v) is 4.44. The second kappa shape index (κ2) is 9.61. The predicted molar refractivity (Wildman–Crippen MR) is 117 cm³/mol. The normalized spacial score (nSPS) is 17.4. The van der Waals surface area contributed by atoms with Crippen LogP contribution in [0.25, 0.3) is 0 Å². The maximum atomic E-state index is 12.9. The van der Waals surface area contributed by atoms with Crippen LogP contribution in [0.15, 0.2) is 17.0 Å². The number of nitrogens with zero attached hydrogens (tertiary/aromatic N) is 2. The van der Waals surface area contributed by atoms with E-state index in [0.717, 1.165) is 12.1 Å². The zero-order chi connectivity index (χ0) is 25.3. The number of primary sulfonamides is 1. The van der Waals surface area contributed by atoms with Gasteiger partial charge < -0.3 is 15.0 Å². The van der Waals surface area contributed by atoms with Gasteiger partial charge in [-0.3, -0.25) is 19.7 Å². The van der Waals surface area contributed by atoms with Gasteiger partial charge in [0.1, 0.15) is 27.6 Å². The second-order valence-corrected chi connectivity index (χ2v) is 10.4. The van der Waals surface area contributed by atoms with E-state index in [1.54, 1.807) is 20.8 Å². The number of nitrogens with one attached hydrogen (secondary N) is 1. The number of ether oxygens (including phenoxy) is 1. The summed E-state index contributed by atoms with van der Waals surface area (Å²) in [6.45, 7) is 6.77. The van der Waals surface area contributed by atoms with E-state index in [9.17, 15) is 32.9 Å². The van der Waals surface area contributed by atoms with Crippen LogP contribution in [0.5, 0.6) is 0 Å². The first-order valence-corrected chi connectivity index (χ1v) is 11.8. The van der Waals surface area contributed by atoms with Crippen molar-refractivity contribution in [2.24, 2.45) is 5.14 Å². The fourth-order valence-electron chi connectivity index (χ4n) is 3.29. The Morgan fingerprint density at radius 3 is 2.45 bits per heavy atom. The van der Waals surface area contributed by atoms with Gasteiger partial charge in [-0.15, -0.1) is 0 Å². The molecule has 2 amide bonds.